The number of hydrogen-bond acceptors (Lipinski definition) is 2. The van der Waals surface area contributed by atoms with E-state index in [-0.39, 0.29) is 17.8 Å². The van der Waals surface area contributed by atoms with Crippen LogP contribution < -0.4 is 5.32 Å². The third-order valence-electron chi connectivity index (χ3n) is 2.59. The maximum Gasteiger partial charge on any atom is 0.217 e. The minimum Gasteiger partial charge on any atom is -0.345 e. The second-order valence-electron chi connectivity index (χ2n) is 3.97. The molecule has 2 aromatic rings. The first kappa shape index (κ1) is 12.2. The molecule has 4 heteroatoms. The van der Waals surface area contributed by atoms with Crippen molar-refractivity contribution in [2.45, 2.75) is 13.0 Å². The van der Waals surface area contributed by atoms with Crippen molar-refractivity contribution in [2.75, 3.05) is 0 Å². The van der Waals surface area contributed by atoms with Crippen LogP contribution in [0, 0.1) is 5.82 Å². The van der Waals surface area contributed by atoms with Gasteiger partial charge in [-0.1, -0.05) is 12.1 Å². The van der Waals surface area contributed by atoms with Crippen LogP contribution in [0.5, 0.6) is 0 Å². The molecule has 1 unspecified atom stereocenters. The van der Waals surface area contributed by atoms with Crippen LogP contribution in [-0.2, 0) is 4.79 Å². The Kier molecular flexibility index (Phi) is 3.67. The molecule has 1 heterocycles. The van der Waals surface area contributed by atoms with E-state index in [0.29, 0.717) is 0 Å². The molecule has 18 heavy (non-hydrogen) atoms. The van der Waals surface area contributed by atoms with Gasteiger partial charge in [0.1, 0.15) is 5.82 Å². The molecule has 1 atom stereocenters. The van der Waals surface area contributed by atoms with Gasteiger partial charge < -0.3 is 5.32 Å². The van der Waals surface area contributed by atoms with Crippen molar-refractivity contribution in [1.82, 2.24) is 10.3 Å². The predicted molar refractivity (Wildman–Crippen MR) is 66.3 cm³/mol. The van der Waals surface area contributed by atoms with E-state index in [1.165, 1.54) is 19.1 Å². The number of nitrogens with one attached hydrogen (secondary N) is 1. The van der Waals surface area contributed by atoms with Crippen LogP contribution in [-0.4, -0.2) is 10.9 Å². The fourth-order valence-corrected chi connectivity index (χ4v) is 1.77. The zero-order chi connectivity index (χ0) is 13.0. The number of pyridine rings is 1. The lowest BCUT2D eigenvalue weighted by molar-refractivity contribution is -0.119. The van der Waals surface area contributed by atoms with Crippen LogP contribution in [0.25, 0.3) is 0 Å². The number of aromatic nitrogens is 1. The summed E-state index contributed by atoms with van der Waals surface area (Å²) < 4.78 is 12.9. The highest BCUT2D eigenvalue weighted by Crippen LogP contribution is 2.21. The monoisotopic (exact) mass is 244 g/mol. The maximum atomic E-state index is 12.9. The van der Waals surface area contributed by atoms with Crippen molar-refractivity contribution < 1.29 is 9.18 Å². The summed E-state index contributed by atoms with van der Waals surface area (Å²) in [6.45, 7) is 1.46. The van der Waals surface area contributed by atoms with Crippen molar-refractivity contribution in [1.29, 1.82) is 0 Å². The molecule has 0 saturated carbocycles. The zero-order valence-electron chi connectivity index (χ0n) is 9.93. The lowest BCUT2D eigenvalue weighted by atomic mass is 9.99. The van der Waals surface area contributed by atoms with E-state index < -0.39 is 0 Å². The molecule has 1 amide bonds. The van der Waals surface area contributed by atoms with Gasteiger partial charge in [-0.25, -0.2) is 4.39 Å². The van der Waals surface area contributed by atoms with Crippen molar-refractivity contribution in [3.63, 3.8) is 0 Å². The van der Waals surface area contributed by atoms with Crippen molar-refractivity contribution >= 4 is 5.91 Å². The number of benzene rings is 1. The SMILES string of the molecule is CC(=O)NC(c1ccncc1)c1ccc(F)cc1. The average molecular weight is 244 g/mol. The summed E-state index contributed by atoms with van der Waals surface area (Å²) in [4.78, 5) is 15.2. The first-order valence-corrected chi connectivity index (χ1v) is 5.59. The highest BCUT2D eigenvalue weighted by atomic mass is 19.1. The molecule has 0 aliphatic carbocycles. The van der Waals surface area contributed by atoms with Gasteiger partial charge in [-0.15, -0.1) is 0 Å². The van der Waals surface area contributed by atoms with Crippen LogP contribution in [0.15, 0.2) is 48.8 Å². The number of amides is 1. The number of nitrogens with zero attached hydrogens (tertiary/aromatic N) is 1. The molecule has 0 radical (unpaired) electrons. The molecular formula is C14H13FN2O. The topological polar surface area (TPSA) is 42.0 Å². The maximum absolute atomic E-state index is 12.9. The van der Waals surface area contributed by atoms with Gasteiger partial charge in [-0.2, -0.15) is 0 Å². The molecule has 0 saturated heterocycles. The van der Waals surface area contributed by atoms with E-state index in [9.17, 15) is 9.18 Å². The Morgan fingerprint density at radius 2 is 1.67 bits per heavy atom. The Balaban J connectivity index is 2.36. The molecule has 0 spiro atoms. The smallest absolute Gasteiger partial charge is 0.217 e. The fourth-order valence-electron chi connectivity index (χ4n) is 1.77. The summed E-state index contributed by atoms with van der Waals surface area (Å²) in [5, 5.41) is 2.84. The molecule has 0 aliphatic rings. The quantitative estimate of drug-likeness (QED) is 0.901. The van der Waals surface area contributed by atoms with Gasteiger partial charge in [0, 0.05) is 19.3 Å². The molecule has 0 bridgehead atoms. The molecule has 1 N–H and O–H groups in total. The lowest BCUT2D eigenvalue weighted by Crippen LogP contribution is -2.26. The van der Waals surface area contributed by atoms with Crippen molar-refractivity contribution in [3.8, 4) is 0 Å². The van der Waals surface area contributed by atoms with Gasteiger partial charge in [-0.05, 0) is 35.4 Å². The second-order valence-corrected chi connectivity index (χ2v) is 3.97. The van der Waals surface area contributed by atoms with Crippen LogP contribution >= 0.6 is 0 Å². The van der Waals surface area contributed by atoms with Crippen LogP contribution in [0.1, 0.15) is 24.1 Å². The first-order valence-electron chi connectivity index (χ1n) is 5.59. The molecule has 92 valence electrons. The van der Waals surface area contributed by atoms with Crippen molar-refractivity contribution in [3.05, 3.63) is 65.7 Å². The van der Waals surface area contributed by atoms with E-state index in [4.69, 9.17) is 0 Å². The number of rotatable bonds is 3. The Labute approximate surface area is 105 Å². The summed E-state index contributed by atoms with van der Waals surface area (Å²) in [5.74, 6) is -0.434. The summed E-state index contributed by atoms with van der Waals surface area (Å²) in [7, 11) is 0. The molecule has 0 aliphatic heterocycles. The molecule has 0 fully saturated rings. The van der Waals surface area contributed by atoms with Gasteiger partial charge in [0.15, 0.2) is 0 Å². The molecular weight excluding hydrogens is 231 g/mol. The van der Waals surface area contributed by atoms with Gasteiger partial charge >= 0.3 is 0 Å². The molecule has 1 aromatic heterocycles. The highest BCUT2D eigenvalue weighted by Gasteiger charge is 2.14. The summed E-state index contributed by atoms with van der Waals surface area (Å²) >= 11 is 0. The first-order chi connectivity index (χ1) is 8.66. The summed E-state index contributed by atoms with van der Waals surface area (Å²) in [5.41, 5.74) is 1.74. The molecule has 3 nitrogen and oxygen atoms in total. The predicted octanol–water partition coefficient (Wildman–Crippen LogP) is 2.45. The normalized spacial score (nSPS) is 11.9. The lowest BCUT2D eigenvalue weighted by Gasteiger charge is -2.18. The summed E-state index contributed by atoms with van der Waals surface area (Å²) in [6.07, 6.45) is 3.32. The third kappa shape index (κ3) is 2.91. The Morgan fingerprint density at radius 1 is 1.11 bits per heavy atom. The number of hydrogen-bond donors (Lipinski definition) is 1. The van der Waals surface area contributed by atoms with Gasteiger partial charge in [0.25, 0.3) is 0 Å². The Morgan fingerprint density at radius 3 is 2.22 bits per heavy atom. The minimum absolute atomic E-state index is 0.138. The minimum atomic E-state index is -0.296. The molecule has 2 rings (SSSR count). The number of halogens is 1. The van der Waals surface area contributed by atoms with Gasteiger partial charge in [0.05, 0.1) is 6.04 Å². The van der Waals surface area contributed by atoms with E-state index in [1.54, 1.807) is 24.5 Å². The van der Waals surface area contributed by atoms with Crippen LogP contribution in [0.3, 0.4) is 0 Å². The number of carbonyl (C=O) groups is 1. The fraction of sp³-hybridized carbons (Fsp3) is 0.143. The van der Waals surface area contributed by atoms with Crippen LogP contribution in [0.4, 0.5) is 4.39 Å². The zero-order valence-corrected chi connectivity index (χ0v) is 9.93. The van der Waals surface area contributed by atoms with E-state index in [1.807, 2.05) is 12.1 Å². The standard InChI is InChI=1S/C14H13FN2O/c1-10(18)17-14(12-6-8-16-9-7-12)11-2-4-13(15)5-3-11/h2-9,14H,1H3,(H,17,18). The average Bonchev–Trinajstić information content (AvgIpc) is 2.38. The third-order valence-corrected chi connectivity index (χ3v) is 2.59. The van der Waals surface area contributed by atoms with Gasteiger partial charge in [-0.3, -0.25) is 9.78 Å². The number of carbonyl (C=O) groups excluding carboxylic acids is 1. The Hall–Kier alpha value is -2.23. The largest absolute Gasteiger partial charge is 0.345 e. The van der Waals surface area contributed by atoms with Crippen molar-refractivity contribution in [2.24, 2.45) is 0 Å². The van der Waals surface area contributed by atoms with Gasteiger partial charge in [0.2, 0.25) is 5.91 Å². The van der Waals surface area contributed by atoms with Crippen LogP contribution in [0.2, 0.25) is 0 Å². The van der Waals surface area contributed by atoms with E-state index in [0.717, 1.165) is 11.1 Å². The summed E-state index contributed by atoms with van der Waals surface area (Å²) in [6, 6.07) is 9.45. The van der Waals surface area contributed by atoms with E-state index in [2.05, 4.69) is 10.3 Å². The second kappa shape index (κ2) is 5.40. The van der Waals surface area contributed by atoms with E-state index >= 15 is 0 Å². The molecule has 1 aromatic carbocycles. The highest BCUT2D eigenvalue weighted by molar-refractivity contribution is 5.74. The Bertz CT molecular complexity index is 525.